The van der Waals surface area contributed by atoms with Crippen LogP contribution in [-0.2, 0) is 27.9 Å². The van der Waals surface area contributed by atoms with Crippen LogP contribution >= 0.6 is 11.6 Å². The van der Waals surface area contributed by atoms with E-state index in [0.29, 0.717) is 31.2 Å². The van der Waals surface area contributed by atoms with Gasteiger partial charge in [-0.3, -0.25) is 9.69 Å². The summed E-state index contributed by atoms with van der Waals surface area (Å²) in [5.74, 6) is 1.44. The lowest BCUT2D eigenvalue weighted by Gasteiger charge is -2.35. The lowest BCUT2D eigenvalue weighted by Crippen LogP contribution is -2.52. The van der Waals surface area contributed by atoms with Gasteiger partial charge < -0.3 is 13.7 Å². The normalized spacial score (nSPS) is 15.4. The zero-order chi connectivity index (χ0) is 22.6. The molecule has 0 aliphatic carbocycles. The molecule has 0 unspecified atom stereocenters. The molecule has 4 rings (SSSR count). The molecule has 3 aromatic rings. The van der Waals surface area contributed by atoms with Gasteiger partial charge in [0.1, 0.15) is 11.5 Å². The van der Waals surface area contributed by atoms with E-state index in [9.17, 15) is 13.2 Å². The Morgan fingerprint density at radius 1 is 0.906 bits per heavy atom. The number of hydrogen-bond donors (Lipinski definition) is 0. The van der Waals surface area contributed by atoms with E-state index in [1.165, 1.54) is 16.4 Å². The van der Waals surface area contributed by atoms with Gasteiger partial charge in [-0.25, -0.2) is 8.42 Å². The van der Waals surface area contributed by atoms with Crippen LogP contribution < -0.4 is 0 Å². The van der Waals surface area contributed by atoms with Gasteiger partial charge >= 0.3 is 0 Å². The van der Waals surface area contributed by atoms with E-state index >= 15 is 0 Å². The van der Waals surface area contributed by atoms with Crippen molar-refractivity contribution in [1.29, 1.82) is 0 Å². The molecule has 2 aromatic heterocycles. The Labute approximate surface area is 192 Å². The van der Waals surface area contributed by atoms with E-state index in [-0.39, 0.29) is 30.4 Å². The number of piperazine rings is 1. The number of hydrogen-bond acceptors (Lipinski definition) is 6. The lowest BCUT2D eigenvalue weighted by atomic mass is 10.3. The van der Waals surface area contributed by atoms with Crippen LogP contribution in [0.1, 0.15) is 11.5 Å². The van der Waals surface area contributed by atoms with Gasteiger partial charge in [-0.05, 0) is 48.5 Å². The Hall–Kier alpha value is -2.59. The van der Waals surface area contributed by atoms with Crippen LogP contribution in [0.5, 0.6) is 0 Å². The minimum atomic E-state index is -3.62. The number of benzene rings is 1. The molecule has 0 spiro atoms. The van der Waals surface area contributed by atoms with E-state index in [0.717, 1.165) is 11.5 Å². The summed E-state index contributed by atoms with van der Waals surface area (Å²) in [7, 11) is -3.62. The number of nitrogens with zero attached hydrogens (tertiary/aromatic N) is 3. The van der Waals surface area contributed by atoms with Crippen LogP contribution in [0.3, 0.4) is 0 Å². The highest BCUT2D eigenvalue weighted by Gasteiger charge is 2.30. The molecular formula is C22H24ClN3O5S. The molecule has 0 saturated carbocycles. The molecule has 1 saturated heterocycles. The number of amides is 1. The topological polar surface area (TPSA) is 87.2 Å². The molecule has 10 heteroatoms. The molecule has 1 aromatic carbocycles. The molecule has 1 aliphatic heterocycles. The second-order valence-corrected chi connectivity index (χ2v) is 9.92. The number of rotatable bonds is 8. The van der Waals surface area contributed by atoms with Crippen LogP contribution in [-0.4, -0.2) is 61.2 Å². The number of halogens is 1. The molecule has 1 amide bonds. The van der Waals surface area contributed by atoms with E-state index in [1.54, 1.807) is 29.6 Å². The smallest absolute Gasteiger partial charge is 0.243 e. The quantitative estimate of drug-likeness (QED) is 0.495. The van der Waals surface area contributed by atoms with Crippen molar-refractivity contribution in [2.45, 2.75) is 18.0 Å². The van der Waals surface area contributed by atoms with Gasteiger partial charge in [0.25, 0.3) is 0 Å². The van der Waals surface area contributed by atoms with Gasteiger partial charge in [-0.1, -0.05) is 11.6 Å². The highest BCUT2D eigenvalue weighted by Crippen LogP contribution is 2.20. The molecule has 32 heavy (non-hydrogen) atoms. The number of carbonyl (C=O) groups is 1. The number of furan rings is 2. The van der Waals surface area contributed by atoms with Crippen molar-refractivity contribution in [3.63, 3.8) is 0 Å². The first kappa shape index (κ1) is 22.6. The van der Waals surface area contributed by atoms with Crippen LogP contribution in [0.15, 0.2) is 74.8 Å². The van der Waals surface area contributed by atoms with Crippen LogP contribution in [0, 0.1) is 0 Å². The first-order valence-electron chi connectivity index (χ1n) is 10.2. The fraction of sp³-hybridized carbons (Fsp3) is 0.318. The molecule has 170 valence electrons. The Bertz CT molecular complexity index is 1070. The molecule has 1 fully saturated rings. The van der Waals surface area contributed by atoms with E-state index in [2.05, 4.69) is 0 Å². The van der Waals surface area contributed by atoms with Gasteiger partial charge in [0.05, 0.1) is 37.1 Å². The molecule has 3 heterocycles. The predicted octanol–water partition coefficient (Wildman–Crippen LogP) is 3.06. The van der Waals surface area contributed by atoms with Gasteiger partial charge in [0, 0.05) is 31.2 Å². The van der Waals surface area contributed by atoms with Gasteiger partial charge in [0.2, 0.25) is 15.9 Å². The summed E-state index contributed by atoms with van der Waals surface area (Å²) in [6.07, 6.45) is 3.20. The van der Waals surface area contributed by atoms with Crippen molar-refractivity contribution in [1.82, 2.24) is 14.1 Å². The average Bonchev–Trinajstić information content (AvgIpc) is 3.48. The third kappa shape index (κ3) is 5.42. The van der Waals surface area contributed by atoms with Crippen molar-refractivity contribution in [2.24, 2.45) is 0 Å². The molecule has 0 bridgehead atoms. The van der Waals surface area contributed by atoms with E-state index < -0.39 is 10.0 Å². The summed E-state index contributed by atoms with van der Waals surface area (Å²) in [6.45, 7) is 2.25. The Kier molecular flexibility index (Phi) is 7.00. The van der Waals surface area contributed by atoms with Crippen molar-refractivity contribution < 1.29 is 22.0 Å². The third-order valence-corrected chi connectivity index (χ3v) is 7.49. The average molecular weight is 478 g/mol. The highest BCUT2D eigenvalue weighted by atomic mass is 35.5. The highest BCUT2D eigenvalue weighted by molar-refractivity contribution is 7.89. The minimum Gasteiger partial charge on any atom is -0.468 e. The molecule has 0 N–H and O–H groups in total. The minimum absolute atomic E-state index is 0.0633. The second kappa shape index (κ2) is 9.91. The van der Waals surface area contributed by atoms with Gasteiger partial charge in [-0.15, -0.1) is 0 Å². The summed E-state index contributed by atoms with van der Waals surface area (Å²) in [5, 5.41) is 0.480. The largest absolute Gasteiger partial charge is 0.468 e. The van der Waals surface area contributed by atoms with Crippen LogP contribution in [0.25, 0.3) is 0 Å². The summed E-state index contributed by atoms with van der Waals surface area (Å²) < 4.78 is 38.0. The van der Waals surface area contributed by atoms with Crippen molar-refractivity contribution in [2.75, 3.05) is 32.7 Å². The van der Waals surface area contributed by atoms with Crippen LogP contribution in [0.2, 0.25) is 5.02 Å². The number of sulfonamides is 1. The lowest BCUT2D eigenvalue weighted by molar-refractivity contribution is -0.134. The predicted molar refractivity (Wildman–Crippen MR) is 118 cm³/mol. The molecule has 1 aliphatic rings. The fourth-order valence-corrected chi connectivity index (χ4v) is 5.19. The Morgan fingerprint density at radius 2 is 1.47 bits per heavy atom. The van der Waals surface area contributed by atoms with E-state index in [1.807, 2.05) is 29.2 Å². The van der Waals surface area contributed by atoms with Gasteiger partial charge in [0.15, 0.2) is 0 Å². The van der Waals surface area contributed by atoms with E-state index in [4.69, 9.17) is 20.4 Å². The van der Waals surface area contributed by atoms with Crippen molar-refractivity contribution >= 4 is 27.5 Å². The zero-order valence-corrected chi connectivity index (χ0v) is 19.0. The standard InChI is InChI=1S/C22H24ClN3O5S/c23-18-5-7-21(8-6-18)32(28,29)26-11-9-25(10-12-26)22(27)17-24(15-19-3-1-13-30-19)16-20-4-2-14-31-20/h1-8,13-14H,9-12,15-17H2. The summed E-state index contributed by atoms with van der Waals surface area (Å²) in [5.41, 5.74) is 0. The first-order chi connectivity index (χ1) is 15.4. The molecule has 8 nitrogen and oxygen atoms in total. The first-order valence-corrected chi connectivity index (χ1v) is 12.0. The van der Waals surface area contributed by atoms with Crippen LogP contribution in [0.4, 0.5) is 0 Å². The third-order valence-electron chi connectivity index (χ3n) is 5.32. The van der Waals surface area contributed by atoms with Gasteiger partial charge in [-0.2, -0.15) is 4.31 Å². The Balaban J connectivity index is 1.36. The molecule has 0 atom stereocenters. The Morgan fingerprint density at radius 3 is 1.97 bits per heavy atom. The molecular weight excluding hydrogens is 454 g/mol. The maximum atomic E-state index is 13.0. The maximum absolute atomic E-state index is 13.0. The second-order valence-electron chi connectivity index (χ2n) is 7.54. The summed E-state index contributed by atoms with van der Waals surface area (Å²) >= 11 is 5.86. The monoisotopic (exact) mass is 477 g/mol. The van der Waals surface area contributed by atoms with Crippen molar-refractivity contribution in [3.05, 3.63) is 77.6 Å². The summed E-state index contributed by atoms with van der Waals surface area (Å²) in [6, 6.07) is 13.4. The maximum Gasteiger partial charge on any atom is 0.243 e. The number of carbonyl (C=O) groups excluding carboxylic acids is 1. The SMILES string of the molecule is O=C(CN(Cc1ccco1)Cc1ccco1)N1CCN(S(=O)(=O)c2ccc(Cl)cc2)CC1. The summed E-state index contributed by atoms with van der Waals surface area (Å²) in [4.78, 5) is 16.8. The fourth-order valence-electron chi connectivity index (χ4n) is 3.64. The van der Waals surface area contributed by atoms with Crippen molar-refractivity contribution in [3.8, 4) is 0 Å². The molecule has 0 radical (unpaired) electrons. The zero-order valence-electron chi connectivity index (χ0n) is 17.4.